The summed E-state index contributed by atoms with van der Waals surface area (Å²) in [5.74, 6) is -0.0816. The molecular formula is C32H61NO3. The predicted octanol–water partition coefficient (Wildman–Crippen LogP) is 8.56. The van der Waals surface area contributed by atoms with Crippen molar-refractivity contribution < 1.29 is 15.0 Å². The fourth-order valence-electron chi connectivity index (χ4n) is 4.45. The van der Waals surface area contributed by atoms with Gasteiger partial charge in [0.05, 0.1) is 18.8 Å². The molecule has 0 fully saturated rings. The summed E-state index contributed by atoms with van der Waals surface area (Å²) in [5, 5.41) is 22.7. The quantitative estimate of drug-likeness (QED) is 0.0770. The van der Waals surface area contributed by atoms with Crippen LogP contribution in [-0.2, 0) is 4.79 Å². The zero-order valence-electron chi connectivity index (χ0n) is 24.0. The molecule has 0 saturated carbocycles. The molecule has 0 rings (SSSR count). The highest BCUT2D eigenvalue weighted by Crippen LogP contribution is 2.13. The van der Waals surface area contributed by atoms with Crippen LogP contribution in [0.2, 0.25) is 0 Å². The predicted molar refractivity (Wildman–Crippen MR) is 156 cm³/mol. The molecule has 3 N–H and O–H groups in total. The minimum absolute atomic E-state index is 0.0816. The summed E-state index contributed by atoms with van der Waals surface area (Å²) in [6.45, 7) is 4.23. The van der Waals surface area contributed by atoms with Crippen LogP contribution in [0.4, 0.5) is 0 Å². The second kappa shape index (κ2) is 28.4. The topological polar surface area (TPSA) is 69.6 Å². The van der Waals surface area contributed by atoms with Gasteiger partial charge >= 0.3 is 0 Å². The second-order valence-corrected chi connectivity index (χ2v) is 10.5. The van der Waals surface area contributed by atoms with Crippen LogP contribution in [0.1, 0.15) is 155 Å². The number of carbonyl (C=O) groups is 1. The lowest BCUT2D eigenvalue weighted by Gasteiger charge is -2.20. The molecule has 0 saturated heterocycles. The molecule has 0 aromatic rings. The zero-order chi connectivity index (χ0) is 26.5. The SMILES string of the molecule is CCCC/C=C\CCCCCCC(=O)NC(CO)C(O)/C=C/CCCCCCCCCCCCCC. The Balaban J connectivity index is 3.69. The number of aliphatic hydroxyl groups excluding tert-OH is 2. The van der Waals surface area contributed by atoms with Crippen LogP contribution in [0.5, 0.6) is 0 Å². The maximum Gasteiger partial charge on any atom is 0.220 e. The molecule has 4 nitrogen and oxygen atoms in total. The molecule has 0 radical (unpaired) electrons. The van der Waals surface area contributed by atoms with Crippen molar-refractivity contribution in [2.24, 2.45) is 0 Å². The number of hydrogen-bond donors (Lipinski definition) is 3. The molecular weight excluding hydrogens is 446 g/mol. The molecule has 0 heterocycles. The highest BCUT2D eigenvalue weighted by Gasteiger charge is 2.17. The average Bonchev–Trinajstić information content (AvgIpc) is 2.88. The van der Waals surface area contributed by atoms with Crippen LogP contribution in [0.3, 0.4) is 0 Å². The van der Waals surface area contributed by atoms with Crippen LogP contribution in [0, 0.1) is 0 Å². The smallest absolute Gasteiger partial charge is 0.220 e. The van der Waals surface area contributed by atoms with E-state index in [9.17, 15) is 15.0 Å². The second-order valence-electron chi connectivity index (χ2n) is 10.5. The molecule has 0 spiro atoms. The van der Waals surface area contributed by atoms with Gasteiger partial charge in [0.25, 0.3) is 0 Å². The highest BCUT2D eigenvalue weighted by molar-refractivity contribution is 5.76. The van der Waals surface area contributed by atoms with Gasteiger partial charge in [0.15, 0.2) is 0 Å². The first-order chi connectivity index (χ1) is 17.7. The van der Waals surface area contributed by atoms with Gasteiger partial charge in [0.1, 0.15) is 0 Å². The molecule has 0 aliphatic carbocycles. The minimum atomic E-state index is -0.837. The van der Waals surface area contributed by atoms with Gasteiger partial charge in [0.2, 0.25) is 5.91 Å². The minimum Gasteiger partial charge on any atom is -0.394 e. The van der Waals surface area contributed by atoms with E-state index in [1.54, 1.807) is 6.08 Å². The molecule has 36 heavy (non-hydrogen) atoms. The number of unbranched alkanes of at least 4 members (excludes halogenated alkanes) is 18. The number of rotatable bonds is 27. The first-order valence-corrected chi connectivity index (χ1v) is 15.6. The van der Waals surface area contributed by atoms with Crippen molar-refractivity contribution >= 4 is 5.91 Å². The molecule has 0 aromatic carbocycles. The molecule has 212 valence electrons. The molecule has 4 heteroatoms. The summed E-state index contributed by atoms with van der Waals surface area (Å²) in [5.41, 5.74) is 0. The number of nitrogens with one attached hydrogen (secondary N) is 1. The first-order valence-electron chi connectivity index (χ1n) is 15.6. The van der Waals surface area contributed by atoms with E-state index < -0.39 is 12.1 Å². The number of amides is 1. The fourth-order valence-corrected chi connectivity index (χ4v) is 4.45. The van der Waals surface area contributed by atoms with Gasteiger partial charge in [-0.3, -0.25) is 4.79 Å². The third-order valence-corrected chi connectivity index (χ3v) is 6.93. The standard InChI is InChI=1S/C32H61NO3/c1-3-5-7-9-11-13-15-16-17-18-19-21-23-25-27-31(35)30(29-34)33-32(36)28-26-24-22-20-14-12-10-8-6-4-2/h10,12,25,27,30-31,34-35H,3-9,11,13-24,26,28-29H2,1-2H3,(H,33,36)/b12-10-,27-25+. The van der Waals surface area contributed by atoms with Crippen molar-refractivity contribution in [1.82, 2.24) is 5.32 Å². The van der Waals surface area contributed by atoms with Gasteiger partial charge in [-0.1, -0.05) is 134 Å². The van der Waals surface area contributed by atoms with Gasteiger partial charge in [-0.15, -0.1) is 0 Å². The van der Waals surface area contributed by atoms with Crippen LogP contribution < -0.4 is 5.32 Å². The Labute approximate surface area is 224 Å². The molecule has 0 aromatic heterocycles. The van der Waals surface area contributed by atoms with Crippen molar-refractivity contribution in [1.29, 1.82) is 0 Å². The van der Waals surface area contributed by atoms with Crippen LogP contribution in [0.15, 0.2) is 24.3 Å². The zero-order valence-corrected chi connectivity index (χ0v) is 24.0. The van der Waals surface area contributed by atoms with Crippen LogP contribution in [-0.4, -0.2) is 34.9 Å². The van der Waals surface area contributed by atoms with Crippen molar-refractivity contribution in [2.75, 3.05) is 6.61 Å². The molecule has 0 aliphatic rings. The lowest BCUT2D eigenvalue weighted by Crippen LogP contribution is -2.45. The Morgan fingerprint density at radius 1 is 0.639 bits per heavy atom. The van der Waals surface area contributed by atoms with E-state index in [0.717, 1.165) is 38.5 Å². The number of aliphatic hydroxyl groups is 2. The fraction of sp³-hybridized carbons (Fsp3) is 0.844. The van der Waals surface area contributed by atoms with Crippen molar-refractivity contribution in [3.05, 3.63) is 24.3 Å². The van der Waals surface area contributed by atoms with Crippen molar-refractivity contribution in [3.8, 4) is 0 Å². The molecule has 0 aliphatic heterocycles. The van der Waals surface area contributed by atoms with E-state index in [2.05, 4.69) is 31.3 Å². The maximum atomic E-state index is 12.2. The Kier molecular flexibility index (Phi) is 27.5. The monoisotopic (exact) mass is 507 g/mol. The summed E-state index contributed by atoms with van der Waals surface area (Å²) < 4.78 is 0. The van der Waals surface area contributed by atoms with Crippen molar-refractivity contribution in [3.63, 3.8) is 0 Å². The van der Waals surface area contributed by atoms with E-state index in [1.165, 1.54) is 96.3 Å². The Morgan fingerprint density at radius 2 is 1.08 bits per heavy atom. The van der Waals surface area contributed by atoms with E-state index >= 15 is 0 Å². The third kappa shape index (κ3) is 24.6. The van der Waals surface area contributed by atoms with E-state index in [-0.39, 0.29) is 12.5 Å². The lowest BCUT2D eigenvalue weighted by atomic mass is 10.0. The molecule has 2 unspecified atom stereocenters. The number of hydrogen-bond acceptors (Lipinski definition) is 3. The average molecular weight is 508 g/mol. The van der Waals surface area contributed by atoms with Gasteiger partial charge in [-0.05, 0) is 38.5 Å². The highest BCUT2D eigenvalue weighted by atomic mass is 16.3. The summed E-state index contributed by atoms with van der Waals surface area (Å²) >= 11 is 0. The van der Waals surface area contributed by atoms with Gasteiger partial charge in [-0.2, -0.15) is 0 Å². The van der Waals surface area contributed by atoms with Gasteiger partial charge < -0.3 is 15.5 Å². The van der Waals surface area contributed by atoms with Gasteiger partial charge in [-0.25, -0.2) is 0 Å². The summed E-state index contributed by atoms with van der Waals surface area (Å²) in [7, 11) is 0. The lowest BCUT2D eigenvalue weighted by molar-refractivity contribution is -0.123. The van der Waals surface area contributed by atoms with E-state index in [4.69, 9.17) is 0 Å². The van der Waals surface area contributed by atoms with Crippen LogP contribution in [0.25, 0.3) is 0 Å². The van der Waals surface area contributed by atoms with Gasteiger partial charge in [0, 0.05) is 6.42 Å². The van der Waals surface area contributed by atoms with E-state index in [1.807, 2.05) is 6.08 Å². The summed E-state index contributed by atoms with van der Waals surface area (Å²) in [6, 6.07) is -0.621. The number of carbonyl (C=O) groups excluding carboxylic acids is 1. The number of allylic oxidation sites excluding steroid dienone is 3. The Bertz CT molecular complexity index is 518. The van der Waals surface area contributed by atoms with Crippen LogP contribution >= 0.6 is 0 Å². The molecule has 1 amide bonds. The third-order valence-electron chi connectivity index (χ3n) is 6.93. The molecule has 0 bridgehead atoms. The normalized spacial score (nSPS) is 13.6. The Hall–Kier alpha value is -1.13. The largest absolute Gasteiger partial charge is 0.394 e. The first kappa shape index (κ1) is 34.9. The Morgan fingerprint density at radius 3 is 1.61 bits per heavy atom. The summed E-state index contributed by atoms with van der Waals surface area (Å²) in [4.78, 5) is 12.2. The van der Waals surface area contributed by atoms with E-state index in [0.29, 0.717) is 6.42 Å². The summed E-state index contributed by atoms with van der Waals surface area (Å²) in [6.07, 6.45) is 33.9. The molecule has 2 atom stereocenters. The van der Waals surface area contributed by atoms with Crippen molar-refractivity contribution in [2.45, 2.75) is 167 Å². The maximum absolute atomic E-state index is 12.2.